The minimum atomic E-state index is -0.254. The van der Waals surface area contributed by atoms with Gasteiger partial charge in [0.25, 0.3) is 0 Å². The first kappa shape index (κ1) is 31.9. The summed E-state index contributed by atoms with van der Waals surface area (Å²) >= 11 is 0. The average molecular weight is 495 g/mol. The molecule has 5 rings (SSSR count). The Balaban J connectivity index is 0.000000491. The van der Waals surface area contributed by atoms with Crippen LogP contribution in [0.25, 0.3) is 11.1 Å². The van der Waals surface area contributed by atoms with Crippen molar-refractivity contribution in [2.24, 2.45) is 0 Å². The Morgan fingerprint density at radius 3 is 0.892 bits per heavy atom. The maximum Gasteiger partial charge on any atom is 0.0713 e. The van der Waals surface area contributed by atoms with Crippen molar-refractivity contribution in [1.82, 2.24) is 0 Å². The number of benzene rings is 4. The SMILES string of the molecule is CCC.CCC.CCC.CCC.c1ccc(C2(c3ccccc3)c3ccccc3-c3ccccc32)cc1. The van der Waals surface area contributed by atoms with Crippen molar-refractivity contribution in [3.8, 4) is 11.1 Å². The van der Waals surface area contributed by atoms with E-state index in [2.05, 4.69) is 165 Å². The lowest BCUT2D eigenvalue weighted by molar-refractivity contribution is 0.768. The van der Waals surface area contributed by atoms with Gasteiger partial charge in [0.15, 0.2) is 0 Å². The smallest absolute Gasteiger partial charge is 0.0656 e. The molecule has 1 aliphatic carbocycles. The molecule has 0 atom stereocenters. The Morgan fingerprint density at radius 2 is 0.595 bits per heavy atom. The van der Waals surface area contributed by atoms with E-state index in [1.807, 2.05) is 0 Å². The number of hydrogen-bond acceptors (Lipinski definition) is 0. The average Bonchev–Trinajstić information content (AvgIpc) is 3.23. The zero-order valence-electron chi connectivity index (χ0n) is 24.7. The summed E-state index contributed by atoms with van der Waals surface area (Å²) in [5.74, 6) is 0. The van der Waals surface area contributed by atoms with E-state index in [1.54, 1.807) is 0 Å². The van der Waals surface area contributed by atoms with E-state index in [9.17, 15) is 0 Å². The van der Waals surface area contributed by atoms with E-state index in [0.717, 1.165) is 0 Å². The van der Waals surface area contributed by atoms with Gasteiger partial charge in [0.05, 0.1) is 5.41 Å². The normalized spacial score (nSPS) is 11.4. The molecule has 1 aliphatic rings. The van der Waals surface area contributed by atoms with Gasteiger partial charge in [-0.1, -0.05) is 190 Å². The van der Waals surface area contributed by atoms with Crippen molar-refractivity contribution in [1.29, 1.82) is 0 Å². The maximum atomic E-state index is 2.29. The van der Waals surface area contributed by atoms with Crippen LogP contribution in [0, 0.1) is 0 Å². The van der Waals surface area contributed by atoms with Gasteiger partial charge in [0.1, 0.15) is 0 Å². The van der Waals surface area contributed by atoms with Crippen molar-refractivity contribution in [3.05, 3.63) is 131 Å². The molecule has 0 fully saturated rings. The number of rotatable bonds is 2. The zero-order valence-corrected chi connectivity index (χ0v) is 24.7. The molecule has 0 heteroatoms. The summed E-state index contributed by atoms with van der Waals surface area (Å²) in [4.78, 5) is 0. The van der Waals surface area contributed by atoms with E-state index < -0.39 is 0 Å². The van der Waals surface area contributed by atoms with Gasteiger partial charge in [0.2, 0.25) is 0 Å². The molecule has 0 unspecified atom stereocenters. The van der Waals surface area contributed by atoms with Gasteiger partial charge in [0, 0.05) is 0 Å². The molecule has 0 nitrogen and oxygen atoms in total. The van der Waals surface area contributed by atoms with Crippen LogP contribution in [-0.2, 0) is 5.41 Å². The Kier molecular flexibility index (Phi) is 15.7. The van der Waals surface area contributed by atoms with Gasteiger partial charge < -0.3 is 0 Å². The molecule has 0 saturated carbocycles. The highest BCUT2D eigenvalue weighted by atomic mass is 14.5. The second-order valence-corrected chi connectivity index (χ2v) is 9.40. The summed E-state index contributed by atoms with van der Waals surface area (Å²) in [5, 5.41) is 0. The van der Waals surface area contributed by atoms with Gasteiger partial charge in [-0.15, -0.1) is 0 Å². The van der Waals surface area contributed by atoms with E-state index in [0.29, 0.717) is 0 Å². The van der Waals surface area contributed by atoms with Crippen molar-refractivity contribution >= 4 is 0 Å². The van der Waals surface area contributed by atoms with Gasteiger partial charge in [-0.05, 0) is 33.4 Å². The molecule has 0 radical (unpaired) electrons. The van der Waals surface area contributed by atoms with Crippen molar-refractivity contribution in [2.75, 3.05) is 0 Å². The van der Waals surface area contributed by atoms with Crippen LogP contribution in [0.3, 0.4) is 0 Å². The molecule has 4 aromatic carbocycles. The van der Waals surface area contributed by atoms with E-state index in [-0.39, 0.29) is 5.41 Å². The molecule has 0 spiro atoms. The van der Waals surface area contributed by atoms with Crippen molar-refractivity contribution in [2.45, 2.75) is 86.5 Å². The van der Waals surface area contributed by atoms with Gasteiger partial charge >= 0.3 is 0 Å². The molecule has 0 amide bonds. The molecule has 198 valence electrons. The van der Waals surface area contributed by atoms with Gasteiger partial charge in [-0.2, -0.15) is 0 Å². The van der Waals surface area contributed by atoms with Gasteiger partial charge in [-0.3, -0.25) is 0 Å². The van der Waals surface area contributed by atoms with Gasteiger partial charge in [-0.25, -0.2) is 0 Å². The molecular formula is C37H50. The molecular weight excluding hydrogens is 444 g/mol. The van der Waals surface area contributed by atoms with Crippen molar-refractivity contribution in [3.63, 3.8) is 0 Å². The molecule has 0 N–H and O–H groups in total. The Bertz CT molecular complexity index is 998. The fourth-order valence-electron chi connectivity index (χ4n) is 4.40. The zero-order chi connectivity index (χ0) is 27.5. The van der Waals surface area contributed by atoms with E-state index in [4.69, 9.17) is 0 Å². The number of fused-ring (bicyclic) bond motifs is 3. The monoisotopic (exact) mass is 494 g/mol. The lowest BCUT2D eigenvalue weighted by Gasteiger charge is -2.33. The number of hydrogen-bond donors (Lipinski definition) is 0. The molecule has 0 aromatic heterocycles. The third-order valence-electron chi connectivity index (χ3n) is 5.37. The highest BCUT2D eigenvalue weighted by molar-refractivity contribution is 5.86. The molecule has 0 saturated heterocycles. The summed E-state index contributed by atoms with van der Waals surface area (Å²) < 4.78 is 0. The lowest BCUT2D eigenvalue weighted by Crippen LogP contribution is -2.28. The van der Waals surface area contributed by atoms with Crippen LogP contribution in [0.5, 0.6) is 0 Å². The first-order chi connectivity index (χ1) is 18.1. The maximum absolute atomic E-state index is 2.29. The fraction of sp³-hybridized carbons (Fsp3) is 0.351. The molecule has 0 bridgehead atoms. The first-order valence-electron chi connectivity index (χ1n) is 14.4. The minimum Gasteiger partial charge on any atom is -0.0656 e. The Labute approximate surface area is 228 Å². The standard InChI is InChI=1S/C25H18.4C3H8/c1-3-11-19(12-4-1)25(20-13-5-2-6-14-20)23-17-9-7-15-21(23)22-16-8-10-18-24(22)25;4*1-3-2/h1-18H;4*3H2,1-2H3. The highest BCUT2D eigenvalue weighted by Crippen LogP contribution is 2.55. The second-order valence-electron chi connectivity index (χ2n) is 9.40. The van der Waals surface area contributed by atoms with Crippen LogP contribution in [-0.4, -0.2) is 0 Å². The fourth-order valence-corrected chi connectivity index (χ4v) is 4.40. The predicted octanol–water partition coefficient (Wildman–Crippen LogP) is 11.7. The van der Waals surface area contributed by atoms with Crippen LogP contribution in [0.1, 0.15) is 103 Å². The van der Waals surface area contributed by atoms with Crippen LogP contribution in [0.4, 0.5) is 0 Å². The van der Waals surface area contributed by atoms with E-state index >= 15 is 0 Å². The minimum absolute atomic E-state index is 0.254. The summed E-state index contributed by atoms with van der Waals surface area (Å²) in [6, 6.07) is 39.5. The Hall–Kier alpha value is -3.12. The highest BCUT2D eigenvalue weighted by Gasteiger charge is 2.45. The van der Waals surface area contributed by atoms with Crippen LogP contribution < -0.4 is 0 Å². The lowest BCUT2D eigenvalue weighted by atomic mass is 9.68. The predicted molar refractivity (Wildman–Crippen MR) is 168 cm³/mol. The topological polar surface area (TPSA) is 0 Å². The molecule has 0 aliphatic heterocycles. The Morgan fingerprint density at radius 1 is 0.351 bits per heavy atom. The summed E-state index contributed by atoms with van der Waals surface area (Å²) in [6.45, 7) is 17.0. The molecule has 37 heavy (non-hydrogen) atoms. The van der Waals surface area contributed by atoms with Crippen LogP contribution in [0.2, 0.25) is 0 Å². The molecule has 4 aromatic rings. The quantitative estimate of drug-likeness (QED) is 0.229. The second kappa shape index (κ2) is 18.2. The summed E-state index contributed by atoms with van der Waals surface area (Å²) in [5.41, 5.74) is 7.80. The third-order valence-corrected chi connectivity index (χ3v) is 5.37. The third kappa shape index (κ3) is 7.93. The summed E-state index contributed by atoms with van der Waals surface area (Å²) in [7, 11) is 0. The van der Waals surface area contributed by atoms with Crippen LogP contribution >= 0.6 is 0 Å². The van der Waals surface area contributed by atoms with E-state index in [1.165, 1.54) is 59.1 Å². The molecule has 0 heterocycles. The largest absolute Gasteiger partial charge is 0.0713 e. The van der Waals surface area contributed by atoms with Crippen LogP contribution in [0.15, 0.2) is 109 Å². The summed E-state index contributed by atoms with van der Waals surface area (Å²) in [6.07, 6.45) is 5.00. The van der Waals surface area contributed by atoms with Crippen molar-refractivity contribution < 1.29 is 0 Å². The first-order valence-corrected chi connectivity index (χ1v) is 14.4.